The first-order valence-electron chi connectivity index (χ1n) is 7.72. The summed E-state index contributed by atoms with van der Waals surface area (Å²) < 4.78 is 5.66. The van der Waals surface area contributed by atoms with Gasteiger partial charge in [0.2, 0.25) is 0 Å². The molecular weight excluding hydrogens is 288 g/mol. The molecule has 0 atom stereocenters. The molecule has 4 nitrogen and oxygen atoms in total. The summed E-state index contributed by atoms with van der Waals surface area (Å²) in [5.74, 6) is 0.874. The van der Waals surface area contributed by atoms with E-state index in [-0.39, 0.29) is 6.61 Å². The summed E-state index contributed by atoms with van der Waals surface area (Å²) in [6.07, 6.45) is 1.74. The maximum atomic E-state index is 8.98. The van der Waals surface area contributed by atoms with Gasteiger partial charge in [0.05, 0.1) is 6.61 Å². The van der Waals surface area contributed by atoms with Crippen molar-refractivity contribution in [3.63, 3.8) is 0 Å². The van der Waals surface area contributed by atoms with Crippen LogP contribution in [0.5, 0.6) is 5.75 Å². The van der Waals surface area contributed by atoms with Crippen LogP contribution in [0, 0.1) is 0 Å². The highest BCUT2D eigenvalue weighted by molar-refractivity contribution is 5.55. The SMILES string of the molecule is C=CCOc1ccccc1CNc1ccc(N(C)CCO)cc1. The summed E-state index contributed by atoms with van der Waals surface area (Å²) in [6, 6.07) is 16.1. The molecule has 0 radical (unpaired) electrons. The molecule has 0 aromatic heterocycles. The van der Waals surface area contributed by atoms with Gasteiger partial charge in [-0.05, 0) is 30.3 Å². The molecule has 2 aromatic rings. The number of nitrogens with zero attached hydrogens (tertiary/aromatic N) is 1. The summed E-state index contributed by atoms with van der Waals surface area (Å²) in [7, 11) is 1.96. The molecule has 0 aliphatic carbocycles. The van der Waals surface area contributed by atoms with Crippen LogP contribution in [0.1, 0.15) is 5.56 Å². The Bertz CT molecular complexity index is 611. The lowest BCUT2D eigenvalue weighted by Gasteiger charge is -2.18. The highest BCUT2D eigenvalue weighted by atomic mass is 16.5. The second-order valence-corrected chi connectivity index (χ2v) is 5.25. The molecule has 23 heavy (non-hydrogen) atoms. The Morgan fingerprint density at radius 2 is 1.91 bits per heavy atom. The Balaban J connectivity index is 1.97. The smallest absolute Gasteiger partial charge is 0.124 e. The van der Waals surface area contributed by atoms with E-state index in [9.17, 15) is 0 Å². The number of likely N-dealkylation sites (N-methyl/N-ethyl adjacent to an activating group) is 1. The van der Waals surface area contributed by atoms with E-state index in [4.69, 9.17) is 9.84 Å². The van der Waals surface area contributed by atoms with E-state index in [0.29, 0.717) is 19.7 Å². The summed E-state index contributed by atoms with van der Waals surface area (Å²) in [6.45, 7) is 5.65. The lowest BCUT2D eigenvalue weighted by Crippen LogP contribution is -2.20. The minimum Gasteiger partial charge on any atom is -0.489 e. The maximum absolute atomic E-state index is 8.98. The Kier molecular flexibility index (Phi) is 6.51. The normalized spacial score (nSPS) is 10.2. The lowest BCUT2D eigenvalue weighted by atomic mass is 10.2. The van der Waals surface area contributed by atoms with E-state index in [1.165, 1.54) is 0 Å². The van der Waals surface area contributed by atoms with E-state index in [0.717, 1.165) is 22.7 Å². The zero-order valence-corrected chi connectivity index (χ0v) is 13.5. The van der Waals surface area contributed by atoms with Gasteiger partial charge in [0.25, 0.3) is 0 Å². The molecule has 0 unspecified atom stereocenters. The van der Waals surface area contributed by atoms with Crippen LogP contribution in [-0.2, 0) is 6.54 Å². The van der Waals surface area contributed by atoms with Crippen molar-refractivity contribution in [1.29, 1.82) is 0 Å². The van der Waals surface area contributed by atoms with Crippen LogP contribution in [0.2, 0.25) is 0 Å². The zero-order chi connectivity index (χ0) is 16.5. The fourth-order valence-corrected chi connectivity index (χ4v) is 2.25. The predicted octanol–water partition coefficient (Wildman–Crippen LogP) is 3.29. The summed E-state index contributed by atoms with van der Waals surface area (Å²) in [5, 5.41) is 12.4. The molecule has 2 N–H and O–H groups in total. The number of para-hydroxylation sites is 1. The fraction of sp³-hybridized carbons (Fsp3) is 0.263. The predicted molar refractivity (Wildman–Crippen MR) is 96.3 cm³/mol. The van der Waals surface area contributed by atoms with Crippen molar-refractivity contribution in [1.82, 2.24) is 0 Å². The Morgan fingerprint density at radius 3 is 2.61 bits per heavy atom. The maximum Gasteiger partial charge on any atom is 0.124 e. The van der Waals surface area contributed by atoms with Gasteiger partial charge in [0, 0.05) is 37.1 Å². The van der Waals surface area contributed by atoms with Crippen molar-refractivity contribution >= 4 is 11.4 Å². The Labute approximate surface area is 138 Å². The molecule has 4 heteroatoms. The van der Waals surface area contributed by atoms with E-state index in [2.05, 4.69) is 18.0 Å². The van der Waals surface area contributed by atoms with Crippen LogP contribution in [0.15, 0.2) is 61.2 Å². The van der Waals surface area contributed by atoms with Gasteiger partial charge in [-0.2, -0.15) is 0 Å². The molecule has 2 aromatic carbocycles. The first-order valence-corrected chi connectivity index (χ1v) is 7.72. The quantitative estimate of drug-likeness (QED) is 0.697. The lowest BCUT2D eigenvalue weighted by molar-refractivity contribution is 0.304. The van der Waals surface area contributed by atoms with Gasteiger partial charge >= 0.3 is 0 Å². The molecular formula is C19H24N2O2. The van der Waals surface area contributed by atoms with Crippen molar-refractivity contribution in [3.8, 4) is 5.75 Å². The third-order valence-electron chi connectivity index (χ3n) is 3.56. The summed E-state index contributed by atoms with van der Waals surface area (Å²) in [5.41, 5.74) is 3.24. The van der Waals surface area contributed by atoms with Gasteiger partial charge in [0.1, 0.15) is 12.4 Å². The van der Waals surface area contributed by atoms with Gasteiger partial charge in [-0.15, -0.1) is 0 Å². The second-order valence-electron chi connectivity index (χ2n) is 5.25. The first-order chi connectivity index (χ1) is 11.2. The number of rotatable bonds is 9. The monoisotopic (exact) mass is 312 g/mol. The van der Waals surface area contributed by atoms with Crippen LogP contribution in [0.3, 0.4) is 0 Å². The minimum absolute atomic E-state index is 0.151. The van der Waals surface area contributed by atoms with Gasteiger partial charge in [0.15, 0.2) is 0 Å². The molecule has 0 fully saturated rings. The summed E-state index contributed by atoms with van der Waals surface area (Å²) in [4.78, 5) is 2.02. The molecule has 122 valence electrons. The largest absolute Gasteiger partial charge is 0.489 e. The van der Waals surface area contributed by atoms with E-state index in [1.807, 2.05) is 54.4 Å². The van der Waals surface area contributed by atoms with Crippen molar-refractivity contribution in [3.05, 3.63) is 66.7 Å². The van der Waals surface area contributed by atoms with Crippen molar-refractivity contribution < 1.29 is 9.84 Å². The van der Waals surface area contributed by atoms with Crippen LogP contribution < -0.4 is 15.0 Å². The van der Waals surface area contributed by atoms with Crippen molar-refractivity contribution in [2.45, 2.75) is 6.54 Å². The Morgan fingerprint density at radius 1 is 1.17 bits per heavy atom. The number of aliphatic hydroxyl groups is 1. The molecule has 0 heterocycles. The van der Waals surface area contributed by atoms with Crippen LogP contribution in [-0.4, -0.2) is 31.9 Å². The Hall–Kier alpha value is -2.46. The first kappa shape index (κ1) is 16.9. The van der Waals surface area contributed by atoms with Crippen LogP contribution in [0.4, 0.5) is 11.4 Å². The number of hydrogen-bond acceptors (Lipinski definition) is 4. The molecule has 0 bridgehead atoms. The van der Waals surface area contributed by atoms with E-state index in [1.54, 1.807) is 6.08 Å². The average Bonchev–Trinajstić information content (AvgIpc) is 2.59. The number of hydrogen-bond donors (Lipinski definition) is 2. The average molecular weight is 312 g/mol. The van der Waals surface area contributed by atoms with Gasteiger partial charge in [-0.1, -0.05) is 30.9 Å². The molecule has 0 amide bonds. The molecule has 0 aliphatic rings. The topological polar surface area (TPSA) is 44.7 Å². The third kappa shape index (κ3) is 5.04. The van der Waals surface area contributed by atoms with Crippen LogP contribution >= 0.6 is 0 Å². The molecule has 0 spiro atoms. The number of aliphatic hydroxyl groups excluding tert-OH is 1. The summed E-state index contributed by atoms with van der Waals surface area (Å²) >= 11 is 0. The van der Waals surface area contributed by atoms with Crippen molar-refractivity contribution in [2.24, 2.45) is 0 Å². The van der Waals surface area contributed by atoms with E-state index >= 15 is 0 Å². The molecule has 2 rings (SSSR count). The third-order valence-corrected chi connectivity index (χ3v) is 3.56. The molecule has 0 saturated heterocycles. The van der Waals surface area contributed by atoms with Gasteiger partial charge in [-0.25, -0.2) is 0 Å². The highest BCUT2D eigenvalue weighted by Gasteiger charge is 2.03. The van der Waals surface area contributed by atoms with Crippen LogP contribution in [0.25, 0.3) is 0 Å². The number of nitrogens with one attached hydrogen (secondary N) is 1. The van der Waals surface area contributed by atoms with Crippen molar-refractivity contribution in [2.75, 3.05) is 37.0 Å². The fourth-order valence-electron chi connectivity index (χ4n) is 2.25. The minimum atomic E-state index is 0.151. The number of anilines is 2. The van der Waals surface area contributed by atoms with Gasteiger partial charge < -0.3 is 20.1 Å². The molecule has 0 aliphatic heterocycles. The second kappa shape index (κ2) is 8.86. The number of benzene rings is 2. The van der Waals surface area contributed by atoms with Gasteiger partial charge in [-0.3, -0.25) is 0 Å². The number of ether oxygens (including phenoxy) is 1. The standard InChI is InChI=1S/C19H24N2O2/c1-3-14-23-19-7-5-4-6-16(19)15-20-17-8-10-18(11-9-17)21(2)12-13-22/h3-11,20,22H,1,12-15H2,2H3. The molecule has 0 saturated carbocycles. The highest BCUT2D eigenvalue weighted by Crippen LogP contribution is 2.21. The zero-order valence-electron chi connectivity index (χ0n) is 13.5. The van der Waals surface area contributed by atoms with E-state index < -0.39 is 0 Å².